The third-order valence-electron chi connectivity index (χ3n) is 11.8. The maximum atomic E-state index is 2.48. The molecule has 0 atom stereocenters. The van der Waals surface area contributed by atoms with Crippen molar-refractivity contribution >= 4 is 38.9 Å². The number of rotatable bonds is 7. The zero-order valence-electron chi connectivity index (χ0n) is 31.3. The maximum absolute atomic E-state index is 2.48. The van der Waals surface area contributed by atoms with Crippen LogP contribution in [0.4, 0.5) is 17.1 Å². The van der Waals surface area contributed by atoms with Crippen LogP contribution in [0.5, 0.6) is 0 Å². The lowest BCUT2D eigenvalue weighted by molar-refractivity contribution is 0.768. The number of fused-ring (bicyclic) bond motifs is 6. The third-order valence-corrected chi connectivity index (χ3v) is 11.8. The highest BCUT2D eigenvalue weighted by Gasteiger charge is 2.46. The van der Waals surface area contributed by atoms with Gasteiger partial charge in [0.05, 0.1) is 22.1 Å². The number of aromatic nitrogens is 1. The van der Waals surface area contributed by atoms with Gasteiger partial charge in [0, 0.05) is 27.8 Å². The van der Waals surface area contributed by atoms with Crippen LogP contribution in [0.15, 0.2) is 231 Å². The first-order valence-electron chi connectivity index (χ1n) is 19.7. The van der Waals surface area contributed by atoms with Crippen LogP contribution in [-0.4, -0.2) is 4.57 Å². The van der Waals surface area contributed by atoms with Gasteiger partial charge in [-0.3, -0.25) is 0 Å². The minimum absolute atomic E-state index is 0.521. The summed E-state index contributed by atoms with van der Waals surface area (Å²) in [4.78, 5) is 2.48. The van der Waals surface area contributed by atoms with E-state index < -0.39 is 5.41 Å². The topological polar surface area (TPSA) is 8.17 Å². The Morgan fingerprint density at radius 1 is 0.368 bits per heavy atom. The molecule has 0 N–H and O–H groups in total. The molecule has 57 heavy (non-hydrogen) atoms. The van der Waals surface area contributed by atoms with Gasteiger partial charge < -0.3 is 9.47 Å². The molecule has 11 rings (SSSR count). The number of hydrogen-bond donors (Lipinski definition) is 0. The smallest absolute Gasteiger partial charge is 0.0782 e. The number of benzene rings is 9. The largest absolute Gasteiger partial charge is 0.308 e. The summed E-state index contributed by atoms with van der Waals surface area (Å²) in [6.07, 6.45) is 0. The molecule has 0 bridgehead atoms. The molecule has 0 aliphatic heterocycles. The highest BCUT2D eigenvalue weighted by molar-refractivity contribution is 6.14. The summed E-state index contributed by atoms with van der Waals surface area (Å²) in [5.74, 6) is 0. The Labute approximate surface area is 333 Å². The van der Waals surface area contributed by atoms with Gasteiger partial charge in [-0.25, -0.2) is 0 Å². The van der Waals surface area contributed by atoms with Gasteiger partial charge in [-0.1, -0.05) is 182 Å². The van der Waals surface area contributed by atoms with E-state index in [0.29, 0.717) is 0 Å². The van der Waals surface area contributed by atoms with Crippen molar-refractivity contribution in [3.05, 3.63) is 253 Å². The highest BCUT2D eigenvalue weighted by atomic mass is 15.2. The lowest BCUT2D eigenvalue weighted by Gasteiger charge is -2.35. The summed E-state index contributed by atoms with van der Waals surface area (Å²) in [6.45, 7) is 0. The summed E-state index contributed by atoms with van der Waals surface area (Å²) in [5.41, 5.74) is 16.2. The monoisotopic (exact) mass is 726 g/mol. The summed E-state index contributed by atoms with van der Waals surface area (Å²) >= 11 is 0. The van der Waals surface area contributed by atoms with E-state index in [-0.39, 0.29) is 0 Å². The second-order valence-corrected chi connectivity index (χ2v) is 14.9. The second-order valence-electron chi connectivity index (χ2n) is 14.9. The van der Waals surface area contributed by atoms with E-state index in [2.05, 4.69) is 240 Å². The predicted molar refractivity (Wildman–Crippen MR) is 238 cm³/mol. The molecule has 0 saturated carbocycles. The van der Waals surface area contributed by atoms with Crippen molar-refractivity contribution in [1.29, 1.82) is 0 Å². The fraction of sp³-hybridized carbons (Fsp3) is 0.0182. The Balaban J connectivity index is 1.24. The number of hydrogen-bond acceptors (Lipinski definition) is 1. The number of para-hydroxylation sites is 3. The van der Waals surface area contributed by atoms with Gasteiger partial charge in [0.25, 0.3) is 0 Å². The zero-order valence-corrected chi connectivity index (χ0v) is 31.3. The van der Waals surface area contributed by atoms with Crippen LogP contribution in [0.25, 0.3) is 49.7 Å². The first kappa shape index (κ1) is 33.0. The highest BCUT2D eigenvalue weighted by Crippen LogP contribution is 2.57. The average Bonchev–Trinajstić information content (AvgIpc) is 3.79. The van der Waals surface area contributed by atoms with E-state index in [1.165, 1.54) is 60.8 Å². The Morgan fingerprint density at radius 2 is 0.930 bits per heavy atom. The second kappa shape index (κ2) is 13.4. The van der Waals surface area contributed by atoms with Crippen molar-refractivity contribution in [3.8, 4) is 27.9 Å². The Morgan fingerprint density at radius 3 is 1.68 bits per heavy atom. The normalized spacial score (nSPS) is 12.7. The predicted octanol–water partition coefficient (Wildman–Crippen LogP) is 14.3. The molecule has 0 spiro atoms. The van der Waals surface area contributed by atoms with Crippen LogP contribution in [-0.2, 0) is 5.41 Å². The van der Waals surface area contributed by atoms with Gasteiger partial charge in [-0.15, -0.1) is 0 Å². The molecular weight excluding hydrogens is 689 g/mol. The van der Waals surface area contributed by atoms with Crippen molar-refractivity contribution in [3.63, 3.8) is 0 Å². The number of anilines is 3. The molecule has 0 amide bonds. The van der Waals surface area contributed by atoms with Crippen LogP contribution in [0, 0.1) is 0 Å². The fourth-order valence-corrected chi connectivity index (χ4v) is 9.48. The van der Waals surface area contributed by atoms with E-state index in [1.54, 1.807) is 0 Å². The van der Waals surface area contributed by atoms with E-state index >= 15 is 0 Å². The molecule has 1 heterocycles. The maximum Gasteiger partial charge on any atom is 0.0782 e. The minimum Gasteiger partial charge on any atom is -0.308 e. The van der Waals surface area contributed by atoms with Gasteiger partial charge in [0.1, 0.15) is 0 Å². The van der Waals surface area contributed by atoms with Crippen LogP contribution >= 0.6 is 0 Å². The third kappa shape index (κ3) is 5.11. The van der Waals surface area contributed by atoms with Gasteiger partial charge in [0.15, 0.2) is 0 Å². The van der Waals surface area contributed by atoms with E-state index in [4.69, 9.17) is 0 Å². The Hall–Kier alpha value is -7.42. The van der Waals surface area contributed by atoms with Gasteiger partial charge >= 0.3 is 0 Å². The molecule has 1 aromatic heterocycles. The van der Waals surface area contributed by atoms with Crippen molar-refractivity contribution < 1.29 is 0 Å². The standard InChI is InChI=1S/C55H38N2/c1-5-19-39(20-6-1)40-21-17-28-44(37-40)56(53-34-18-31-49-48-30-14-16-33-52(48)57(54(49)53)43-26-11-4-12-27-43)45-35-36-47-46-29-13-15-32-50(46)55(51(47)38-45,41-22-7-2-8-23-41)42-24-9-3-10-25-42/h1-38H. The number of nitrogens with zero attached hydrogens (tertiary/aromatic N) is 2. The molecular formula is C55H38N2. The summed E-state index contributed by atoms with van der Waals surface area (Å²) in [5, 5.41) is 2.44. The lowest BCUT2D eigenvalue weighted by atomic mass is 9.67. The first-order valence-corrected chi connectivity index (χ1v) is 19.7. The molecule has 0 saturated heterocycles. The molecule has 0 fully saturated rings. The van der Waals surface area contributed by atoms with E-state index in [9.17, 15) is 0 Å². The SMILES string of the molecule is c1ccc(-c2cccc(N(c3ccc4c(c3)C(c3ccccc3)(c3ccccc3)c3ccccc3-4)c3cccc4c5ccccc5n(-c5ccccc5)c34)c2)cc1. The first-order chi connectivity index (χ1) is 28.3. The van der Waals surface area contributed by atoms with Gasteiger partial charge in [-0.2, -0.15) is 0 Å². The quantitative estimate of drug-likeness (QED) is 0.159. The average molecular weight is 727 g/mol. The molecule has 1 aliphatic rings. The zero-order chi connectivity index (χ0) is 37.8. The minimum atomic E-state index is -0.521. The summed E-state index contributed by atoms with van der Waals surface area (Å²) in [7, 11) is 0. The van der Waals surface area contributed by atoms with Crippen molar-refractivity contribution in [2.45, 2.75) is 5.41 Å². The van der Waals surface area contributed by atoms with Crippen molar-refractivity contribution in [2.24, 2.45) is 0 Å². The van der Waals surface area contributed by atoms with Crippen LogP contribution < -0.4 is 4.90 Å². The molecule has 2 heteroatoms. The molecule has 0 radical (unpaired) electrons. The molecule has 2 nitrogen and oxygen atoms in total. The van der Waals surface area contributed by atoms with Crippen LogP contribution in [0.1, 0.15) is 22.3 Å². The molecule has 268 valence electrons. The van der Waals surface area contributed by atoms with Gasteiger partial charge in [-0.05, 0) is 93.0 Å². The summed E-state index contributed by atoms with van der Waals surface area (Å²) < 4.78 is 2.44. The molecule has 1 aliphatic carbocycles. The van der Waals surface area contributed by atoms with E-state index in [0.717, 1.165) is 28.3 Å². The van der Waals surface area contributed by atoms with Gasteiger partial charge in [0.2, 0.25) is 0 Å². The molecule has 9 aromatic carbocycles. The van der Waals surface area contributed by atoms with E-state index in [1.807, 2.05) is 0 Å². The fourth-order valence-electron chi connectivity index (χ4n) is 9.48. The Kier molecular flexibility index (Phi) is 7.75. The summed E-state index contributed by atoms with van der Waals surface area (Å²) in [6, 6.07) is 84.3. The Bertz CT molecular complexity index is 3020. The molecule has 0 unspecified atom stereocenters. The molecule has 10 aromatic rings. The van der Waals surface area contributed by atoms with Crippen molar-refractivity contribution in [1.82, 2.24) is 4.57 Å². The lowest BCUT2D eigenvalue weighted by Crippen LogP contribution is -2.28. The van der Waals surface area contributed by atoms with Crippen LogP contribution in [0.2, 0.25) is 0 Å². The van der Waals surface area contributed by atoms with Crippen LogP contribution in [0.3, 0.4) is 0 Å². The van der Waals surface area contributed by atoms with Crippen molar-refractivity contribution in [2.75, 3.05) is 4.90 Å².